The molecule has 0 aliphatic heterocycles. The van der Waals surface area contributed by atoms with E-state index < -0.39 is 29.1 Å². The van der Waals surface area contributed by atoms with Crippen LogP contribution in [0.2, 0.25) is 0 Å². The molecule has 170 valence electrons. The molecule has 0 unspecified atom stereocenters. The molecule has 9 heteroatoms. The number of aromatic nitrogens is 1. The number of nitrogens with zero attached hydrogens (tertiary/aromatic N) is 1. The minimum atomic E-state index is -3.91. The molecule has 8 nitrogen and oxygen atoms in total. The highest BCUT2D eigenvalue weighted by Gasteiger charge is 2.19. The Bertz CT molecular complexity index is 1250. The van der Waals surface area contributed by atoms with Crippen LogP contribution in [-0.4, -0.2) is 51.6 Å². The fourth-order valence-corrected chi connectivity index (χ4v) is 4.46. The van der Waals surface area contributed by atoms with E-state index in [0.717, 1.165) is 22.2 Å². The van der Waals surface area contributed by atoms with E-state index in [0.29, 0.717) is 18.7 Å². The zero-order valence-electron chi connectivity index (χ0n) is 18.3. The Labute approximate surface area is 187 Å². The van der Waals surface area contributed by atoms with Gasteiger partial charge in [0.2, 0.25) is 15.8 Å². The van der Waals surface area contributed by atoms with Gasteiger partial charge in [0, 0.05) is 30.6 Å². The third-order valence-electron chi connectivity index (χ3n) is 5.20. The number of hydrogen-bond donors (Lipinski definition) is 1. The molecule has 1 heterocycles. The number of carbonyl (C=O) groups excluding carboxylic acids is 2. The molecule has 0 saturated heterocycles. The number of methoxy groups -OCH3 is 1. The normalized spacial score (nSPS) is 11.6. The molecule has 0 aliphatic rings. The number of rotatable bonds is 10. The molecule has 0 amide bonds. The Balaban J connectivity index is 1.57. The first-order chi connectivity index (χ1) is 15.2. The van der Waals surface area contributed by atoms with Gasteiger partial charge in [-0.25, -0.2) is 8.42 Å². The van der Waals surface area contributed by atoms with Gasteiger partial charge in [0.1, 0.15) is 6.54 Å². The van der Waals surface area contributed by atoms with Crippen LogP contribution in [-0.2, 0) is 30.8 Å². The van der Waals surface area contributed by atoms with Gasteiger partial charge in [-0.05, 0) is 42.8 Å². The Morgan fingerprint density at radius 1 is 1.03 bits per heavy atom. The van der Waals surface area contributed by atoms with Crippen LogP contribution in [0.1, 0.15) is 21.7 Å². The molecule has 0 spiro atoms. The zero-order chi connectivity index (χ0) is 23.3. The van der Waals surface area contributed by atoms with Crippen molar-refractivity contribution in [1.29, 1.82) is 0 Å². The molecule has 2 aromatic carbocycles. The number of ether oxygens (including phenoxy) is 2. The number of Topliss-reactive ketones (excluding diaryl/α,β-unsaturated/α-hetero) is 1. The summed E-state index contributed by atoms with van der Waals surface area (Å²) in [6.07, 6.45) is 0. The zero-order valence-corrected chi connectivity index (χ0v) is 19.1. The van der Waals surface area contributed by atoms with Crippen LogP contribution in [0.4, 0.5) is 0 Å². The summed E-state index contributed by atoms with van der Waals surface area (Å²) in [5, 5.41) is 1.68. The summed E-state index contributed by atoms with van der Waals surface area (Å²) in [6, 6.07) is 13.8. The fraction of sp³-hybridized carbons (Fsp3) is 0.304. The fourth-order valence-electron chi connectivity index (χ4n) is 3.46. The molecular weight excluding hydrogens is 432 g/mol. The first kappa shape index (κ1) is 23.6. The van der Waals surface area contributed by atoms with Crippen LogP contribution < -0.4 is 4.72 Å². The minimum Gasteiger partial charge on any atom is -0.456 e. The third kappa shape index (κ3) is 5.42. The van der Waals surface area contributed by atoms with E-state index in [4.69, 9.17) is 9.47 Å². The van der Waals surface area contributed by atoms with Crippen molar-refractivity contribution in [2.75, 3.05) is 26.9 Å². The summed E-state index contributed by atoms with van der Waals surface area (Å²) in [6.45, 7) is 3.77. The topological polar surface area (TPSA) is 104 Å². The number of nitrogens with one attached hydrogen (secondary N) is 1. The summed E-state index contributed by atoms with van der Waals surface area (Å²) in [5.74, 6) is -1.19. The Kier molecular flexibility index (Phi) is 7.44. The summed E-state index contributed by atoms with van der Waals surface area (Å²) in [5.41, 5.74) is 2.12. The first-order valence-electron chi connectivity index (χ1n) is 10.1. The largest absolute Gasteiger partial charge is 0.456 e. The van der Waals surface area contributed by atoms with Crippen molar-refractivity contribution >= 4 is 32.5 Å². The van der Waals surface area contributed by atoms with E-state index in [-0.39, 0.29) is 10.7 Å². The van der Waals surface area contributed by atoms with Gasteiger partial charge in [0.25, 0.3) is 0 Å². The van der Waals surface area contributed by atoms with Crippen molar-refractivity contribution in [3.63, 3.8) is 0 Å². The molecular formula is C23H26N2O6S. The molecule has 3 rings (SSSR count). The van der Waals surface area contributed by atoms with Crippen molar-refractivity contribution in [3.05, 3.63) is 65.5 Å². The lowest BCUT2D eigenvalue weighted by Crippen LogP contribution is -2.31. The highest BCUT2D eigenvalue weighted by atomic mass is 32.2. The Hall–Kier alpha value is -3.01. The summed E-state index contributed by atoms with van der Waals surface area (Å²) in [7, 11) is -2.30. The average molecular weight is 459 g/mol. The minimum absolute atomic E-state index is 0.0450. The van der Waals surface area contributed by atoms with E-state index in [2.05, 4.69) is 4.72 Å². The summed E-state index contributed by atoms with van der Waals surface area (Å²) < 4.78 is 39.3. The highest BCUT2D eigenvalue weighted by Crippen LogP contribution is 2.19. The molecule has 0 fully saturated rings. The van der Waals surface area contributed by atoms with Crippen LogP contribution in [0.25, 0.3) is 10.8 Å². The lowest BCUT2D eigenvalue weighted by Gasteiger charge is -2.09. The maximum absolute atomic E-state index is 12.5. The van der Waals surface area contributed by atoms with Crippen LogP contribution >= 0.6 is 0 Å². The second-order valence-electron chi connectivity index (χ2n) is 7.35. The van der Waals surface area contributed by atoms with E-state index in [1.807, 2.05) is 36.6 Å². The summed E-state index contributed by atoms with van der Waals surface area (Å²) in [4.78, 5) is 24.6. The van der Waals surface area contributed by atoms with Crippen molar-refractivity contribution in [3.8, 4) is 0 Å². The number of aryl methyl sites for hydroxylation is 1. The first-order valence-corrected chi connectivity index (χ1v) is 11.5. The second-order valence-corrected chi connectivity index (χ2v) is 9.11. The van der Waals surface area contributed by atoms with Crippen molar-refractivity contribution in [1.82, 2.24) is 9.29 Å². The second kappa shape index (κ2) is 10.1. The standard InChI is InChI=1S/C23H26N2O6S/c1-16-12-21(17(2)25(16)10-11-30-3)22(26)15-31-23(27)14-24-32(28,29)20-9-8-18-6-4-5-7-19(18)13-20/h4-9,12-13,24H,10-11,14-15H2,1-3H3. The number of ketones is 1. The highest BCUT2D eigenvalue weighted by molar-refractivity contribution is 7.89. The number of fused-ring (bicyclic) bond motifs is 1. The molecule has 0 bridgehead atoms. The van der Waals surface area contributed by atoms with Crippen molar-refractivity contribution in [2.45, 2.75) is 25.3 Å². The van der Waals surface area contributed by atoms with E-state index in [1.54, 1.807) is 25.3 Å². The van der Waals surface area contributed by atoms with E-state index in [1.165, 1.54) is 12.1 Å². The predicted molar refractivity (Wildman–Crippen MR) is 120 cm³/mol. The van der Waals surface area contributed by atoms with Crippen LogP contribution in [0, 0.1) is 13.8 Å². The van der Waals surface area contributed by atoms with Gasteiger partial charge in [-0.15, -0.1) is 0 Å². The van der Waals surface area contributed by atoms with Crippen LogP contribution in [0.5, 0.6) is 0 Å². The van der Waals surface area contributed by atoms with Crippen molar-refractivity contribution in [2.24, 2.45) is 0 Å². The van der Waals surface area contributed by atoms with Gasteiger partial charge in [-0.1, -0.05) is 30.3 Å². The van der Waals surface area contributed by atoms with Gasteiger partial charge in [0.15, 0.2) is 6.61 Å². The molecule has 0 radical (unpaired) electrons. The Morgan fingerprint density at radius 3 is 2.47 bits per heavy atom. The number of benzene rings is 2. The van der Waals surface area contributed by atoms with E-state index in [9.17, 15) is 18.0 Å². The molecule has 0 saturated carbocycles. The average Bonchev–Trinajstić information content (AvgIpc) is 3.07. The molecule has 0 atom stereocenters. The van der Waals surface area contributed by atoms with Gasteiger partial charge in [-0.2, -0.15) is 4.72 Å². The summed E-state index contributed by atoms with van der Waals surface area (Å²) >= 11 is 0. The smallest absolute Gasteiger partial charge is 0.321 e. The van der Waals surface area contributed by atoms with Crippen LogP contribution in [0.15, 0.2) is 53.4 Å². The van der Waals surface area contributed by atoms with Crippen molar-refractivity contribution < 1.29 is 27.5 Å². The number of hydrogen-bond acceptors (Lipinski definition) is 6. The number of esters is 1. The SMILES string of the molecule is COCCn1c(C)cc(C(=O)COC(=O)CNS(=O)(=O)c2ccc3ccccc3c2)c1C. The van der Waals surface area contributed by atoms with Gasteiger partial charge in [0.05, 0.1) is 11.5 Å². The van der Waals surface area contributed by atoms with Gasteiger partial charge < -0.3 is 14.0 Å². The predicted octanol–water partition coefficient (Wildman–Crippen LogP) is 2.61. The number of sulfonamides is 1. The van der Waals surface area contributed by atoms with Crippen LogP contribution in [0.3, 0.4) is 0 Å². The maximum atomic E-state index is 12.5. The quantitative estimate of drug-likeness (QED) is 0.370. The molecule has 1 aromatic heterocycles. The monoisotopic (exact) mass is 458 g/mol. The molecule has 3 aromatic rings. The lowest BCUT2D eigenvalue weighted by atomic mass is 10.1. The lowest BCUT2D eigenvalue weighted by molar-refractivity contribution is -0.141. The third-order valence-corrected chi connectivity index (χ3v) is 6.59. The van der Waals surface area contributed by atoms with E-state index >= 15 is 0 Å². The van der Waals surface area contributed by atoms with Gasteiger partial charge >= 0.3 is 5.97 Å². The number of carbonyl (C=O) groups is 2. The maximum Gasteiger partial charge on any atom is 0.321 e. The molecule has 0 aliphatic carbocycles. The Morgan fingerprint density at radius 2 is 1.75 bits per heavy atom. The van der Waals surface area contributed by atoms with Gasteiger partial charge in [-0.3, -0.25) is 9.59 Å². The molecule has 1 N–H and O–H groups in total. The molecule has 32 heavy (non-hydrogen) atoms.